The molecule has 134 valence electrons. The second-order valence-corrected chi connectivity index (χ2v) is 8.27. The first-order valence-corrected chi connectivity index (χ1v) is 10.4. The number of hydrogen-bond donors (Lipinski definition) is 0. The summed E-state index contributed by atoms with van der Waals surface area (Å²) in [5.74, 6) is 1.72. The largest absolute Gasteiger partial charge is 0.0843 e. The maximum atomic E-state index is 6.01. The highest BCUT2D eigenvalue weighted by Crippen LogP contribution is 2.38. The summed E-state index contributed by atoms with van der Waals surface area (Å²) in [6, 6.07) is 22.0. The summed E-state index contributed by atoms with van der Waals surface area (Å²) in [6.45, 7) is 2.31. The number of fused-ring (bicyclic) bond motifs is 1. The fourth-order valence-electron chi connectivity index (χ4n) is 4.53. The fraction of sp³-hybridized carbons (Fsp3) is 0.360. The number of rotatable bonds is 4. The van der Waals surface area contributed by atoms with Crippen molar-refractivity contribution in [2.75, 3.05) is 0 Å². The molecular weight excluding hydrogens is 336 g/mol. The van der Waals surface area contributed by atoms with Crippen LogP contribution in [-0.2, 0) is 0 Å². The minimum atomic E-state index is 0.753. The van der Waals surface area contributed by atoms with E-state index in [0.717, 1.165) is 16.9 Å². The van der Waals surface area contributed by atoms with Crippen molar-refractivity contribution in [1.29, 1.82) is 0 Å². The highest BCUT2D eigenvalue weighted by Gasteiger charge is 2.21. The third-order valence-corrected chi connectivity index (χ3v) is 6.31. The Labute approximate surface area is 162 Å². The molecule has 0 spiro atoms. The van der Waals surface area contributed by atoms with E-state index in [4.69, 9.17) is 11.6 Å². The summed E-state index contributed by atoms with van der Waals surface area (Å²) in [5, 5.41) is 3.46. The van der Waals surface area contributed by atoms with Gasteiger partial charge in [0.05, 0.1) is 0 Å². The van der Waals surface area contributed by atoms with E-state index < -0.39 is 0 Å². The van der Waals surface area contributed by atoms with Crippen LogP contribution in [0.4, 0.5) is 0 Å². The molecule has 1 fully saturated rings. The number of hydrogen-bond acceptors (Lipinski definition) is 0. The Balaban J connectivity index is 1.55. The van der Waals surface area contributed by atoms with Gasteiger partial charge in [-0.15, -0.1) is 0 Å². The van der Waals surface area contributed by atoms with E-state index in [1.165, 1.54) is 66.0 Å². The Morgan fingerprint density at radius 2 is 1.42 bits per heavy atom. The molecule has 26 heavy (non-hydrogen) atoms. The lowest BCUT2D eigenvalue weighted by Crippen LogP contribution is -2.13. The van der Waals surface area contributed by atoms with Crippen LogP contribution in [0.1, 0.15) is 56.9 Å². The van der Waals surface area contributed by atoms with Crippen LogP contribution < -0.4 is 0 Å². The fourth-order valence-corrected chi connectivity index (χ4v) is 4.66. The van der Waals surface area contributed by atoms with E-state index in [9.17, 15) is 0 Å². The van der Waals surface area contributed by atoms with Crippen LogP contribution >= 0.6 is 11.6 Å². The molecule has 3 aromatic rings. The molecule has 0 heterocycles. The van der Waals surface area contributed by atoms with Gasteiger partial charge in [0.25, 0.3) is 0 Å². The lowest BCUT2D eigenvalue weighted by molar-refractivity contribution is 0.308. The van der Waals surface area contributed by atoms with Gasteiger partial charge < -0.3 is 0 Å². The predicted molar refractivity (Wildman–Crippen MR) is 114 cm³/mol. The second-order valence-electron chi connectivity index (χ2n) is 7.83. The van der Waals surface area contributed by atoms with Crippen LogP contribution in [-0.4, -0.2) is 0 Å². The zero-order valence-corrected chi connectivity index (χ0v) is 16.3. The first kappa shape index (κ1) is 17.6. The lowest BCUT2D eigenvalue weighted by atomic mass is 9.77. The molecule has 0 radical (unpaired) electrons. The average Bonchev–Trinajstić information content (AvgIpc) is 2.69. The van der Waals surface area contributed by atoms with Crippen LogP contribution in [0.15, 0.2) is 60.7 Å². The van der Waals surface area contributed by atoms with Crippen molar-refractivity contribution in [1.82, 2.24) is 0 Å². The van der Waals surface area contributed by atoms with Crippen LogP contribution in [0.2, 0.25) is 5.02 Å². The van der Waals surface area contributed by atoms with Crippen LogP contribution in [0.5, 0.6) is 0 Å². The Bertz CT molecular complexity index is 870. The summed E-state index contributed by atoms with van der Waals surface area (Å²) in [4.78, 5) is 0. The minimum Gasteiger partial charge on any atom is -0.0843 e. The molecule has 0 bridgehead atoms. The monoisotopic (exact) mass is 362 g/mol. The first-order valence-electron chi connectivity index (χ1n) is 10.0. The number of benzene rings is 3. The zero-order chi connectivity index (χ0) is 17.9. The van der Waals surface area contributed by atoms with E-state index in [0.29, 0.717) is 0 Å². The summed E-state index contributed by atoms with van der Waals surface area (Å²) in [5.41, 5.74) is 4.00. The minimum absolute atomic E-state index is 0.753. The number of halogens is 1. The summed E-state index contributed by atoms with van der Waals surface area (Å²) in [6.07, 6.45) is 8.29. The van der Waals surface area contributed by atoms with Crippen molar-refractivity contribution >= 4 is 22.4 Å². The Hall–Kier alpha value is -1.79. The third-order valence-electron chi connectivity index (χ3n) is 6.06. The van der Waals surface area contributed by atoms with Crippen LogP contribution in [0.3, 0.4) is 0 Å². The molecule has 0 atom stereocenters. The van der Waals surface area contributed by atoms with E-state index in [2.05, 4.69) is 55.5 Å². The van der Waals surface area contributed by atoms with Crippen molar-refractivity contribution in [2.45, 2.75) is 51.4 Å². The van der Waals surface area contributed by atoms with E-state index >= 15 is 0 Å². The van der Waals surface area contributed by atoms with E-state index in [1.54, 1.807) is 0 Å². The molecule has 0 N–H and O–H groups in total. The average molecular weight is 363 g/mol. The summed E-state index contributed by atoms with van der Waals surface area (Å²) < 4.78 is 0. The first-order chi connectivity index (χ1) is 12.7. The zero-order valence-electron chi connectivity index (χ0n) is 15.5. The molecule has 0 saturated heterocycles. The van der Waals surface area contributed by atoms with Crippen LogP contribution in [0, 0.1) is 5.92 Å². The second kappa shape index (κ2) is 7.84. The van der Waals surface area contributed by atoms with Gasteiger partial charge in [-0.2, -0.15) is 0 Å². The van der Waals surface area contributed by atoms with Gasteiger partial charge in [-0.1, -0.05) is 73.8 Å². The Kier molecular flexibility index (Phi) is 5.31. The molecule has 0 amide bonds. The Morgan fingerprint density at radius 1 is 0.769 bits per heavy atom. The van der Waals surface area contributed by atoms with Gasteiger partial charge in [0.2, 0.25) is 0 Å². The smallest absolute Gasteiger partial charge is 0.0406 e. The van der Waals surface area contributed by atoms with Gasteiger partial charge in [-0.05, 0) is 83.2 Å². The van der Waals surface area contributed by atoms with Crippen molar-refractivity contribution in [2.24, 2.45) is 5.92 Å². The SMILES string of the molecule is CCCC1CCC(c2ccc3cc(-c4ccc(Cl)cc4)ccc3c2)CC1. The molecule has 1 saturated carbocycles. The van der Waals surface area contributed by atoms with Crippen molar-refractivity contribution in [3.8, 4) is 11.1 Å². The predicted octanol–water partition coefficient (Wildman–Crippen LogP) is 8.23. The van der Waals surface area contributed by atoms with E-state index in [-0.39, 0.29) is 0 Å². The highest BCUT2D eigenvalue weighted by molar-refractivity contribution is 6.30. The summed E-state index contributed by atoms with van der Waals surface area (Å²) >= 11 is 6.01. The molecule has 0 aromatic heterocycles. The lowest BCUT2D eigenvalue weighted by Gasteiger charge is -2.28. The van der Waals surface area contributed by atoms with Gasteiger partial charge >= 0.3 is 0 Å². The van der Waals surface area contributed by atoms with E-state index in [1.807, 2.05) is 12.1 Å². The van der Waals surface area contributed by atoms with Gasteiger partial charge in [-0.3, -0.25) is 0 Å². The quantitative estimate of drug-likeness (QED) is 0.438. The molecule has 1 aliphatic rings. The van der Waals surface area contributed by atoms with Crippen molar-refractivity contribution in [3.63, 3.8) is 0 Å². The van der Waals surface area contributed by atoms with Gasteiger partial charge in [-0.25, -0.2) is 0 Å². The molecule has 0 nitrogen and oxygen atoms in total. The molecule has 1 heteroatoms. The highest BCUT2D eigenvalue weighted by atomic mass is 35.5. The van der Waals surface area contributed by atoms with Crippen molar-refractivity contribution in [3.05, 3.63) is 71.2 Å². The summed E-state index contributed by atoms with van der Waals surface area (Å²) in [7, 11) is 0. The molecule has 3 aromatic carbocycles. The van der Waals surface area contributed by atoms with Gasteiger partial charge in [0.15, 0.2) is 0 Å². The van der Waals surface area contributed by atoms with Gasteiger partial charge in [0.1, 0.15) is 0 Å². The molecule has 4 rings (SSSR count). The molecule has 0 aliphatic heterocycles. The maximum absolute atomic E-state index is 6.01. The molecule has 0 unspecified atom stereocenters. The topological polar surface area (TPSA) is 0 Å². The van der Waals surface area contributed by atoms with Crippen molar-refractivity contribution < 1.29 is 0 Å². The standard InChI is InChI=1S/C25H27Cl/c1-2-3-18-4-6-19(7-5-18)21-8-10-24-17-22(9-11-23(24)16-21)20-12-14-25(26)15-13-20/h8-19H,2-7H2,1H3. The van der Waals surface area contributed by atoms with Gasteiger partial charge in [0, 0.05) is 5.02 Å². The molecule has 1 aliphatic carbocycles. The third kappa shape index (κ3) is 3.81. The Morgan fingerprint density at radius 3 is 2.15 bits per heavy atom. The molecular formula is C25H27Cl. The maximum Gasteiger partial charge on any atom is 0.0406 e. The normalized spacial score (nSPS) is 20.4. The van der Waals surface area contributed by atoms with Crippen LogP contribution in [0.25, 0.3) is 21.9 Å².